The number of hydrogen-bond donors (Lipinski definition) is 1. The SMILES string of the molecule is Cc1cc2cncc(-c3ccc(Cl)cc3)c2nc1C(N)=O. The second kappa shape index (κ2) is 5.14. The summed E-state index contributed by atoms with van der Waals surface area (Å²) >= 11 is 5.91. The van der Waals surface area contributed by atoms with Crippen molar-refractivity contribution in [2.24, 2.45) is 5.73 Å². The lowest BCUT2D eigenvalue weighted by atomic mass is 10.0. The van der Waals surface area contributed by atoms with Gasteiger partial charge in [-0.15, -0.1) is 0 Å². The van der Waals surface area contributed by atoms with Crippen LogP contribution in [0.5, 0.6) is 0 Å². The van der Waals surface area contributed by atoms with E-state index in [2.05, 4.69) is 9.97 Å². The van der Waals surface area contributed by atoms with Gasteiger partial charge in [-0.1, -0.05) is 23.7 Å². The Kier molecular flexibility index (Phi) is 3.31. The fraction of sp³-hybridized carbons (Fsp3) is 0.0625. The van der Waals surface area contributed by atoms with Crippen molar-refractivity contribution in [1.29, 1.82) is 0 Å². The van der Waals surface area contributed by atoms with Gasteiger partial charge >= 0.3 is 0 Å². The number of primary amides is 1. The van der Waals surface area contributed by atoms with Crippen molar-refractivity contribution in [3.05, 3.63) is 59.0 Å². The van der Waals surface area contributed by atoms with Crippen LogP contribution in [0.15, 0.2) is 42.7 Å². The van der Waals surface area contributed by atoms with E-state index in [9.17, 15) is 4.79 Å². The zero-order chi connectivity index (χ0) is 15.0. The molecule has 0 aliphatic heterocycles. The lowest BCUT2D eigenvalue weighted by molar-refractivity contribution is 0.0995. The predicted octanol–water partition coefficient (Wildman–Crippen LogP) is 3.36. The first kappa shape index (κ1) is 13.5. The number of hydrogen-bond acceptors (Lipinski definition) is 3. The van der Waals surface area contributed by atoms with Crippen molar-refractivity contribution < 1.29 is 4.79 Å². The number of pyridine rings is 2. The number of halogens is 1. The van der Waals surface area contributed by atoms with Gasteiger partial charge in [-0.25, -0.2) is 4.98 Å². The average Bonchev–Trinajstić information content (AvgIpc) is 2.46. The Hall–Kier alpha value is -2.46. The van der Waals surface area contributed by atoms with E-state index in [4.69, 9.17) is 17.3 Å². The maximum absolute atomic E-state index is 11.5. The van der Waals surface area contributed by atoms with Crippen molar-refractivity contribution in [1.82, 2.24) is 9.97 Å². The van der Waals surface area contributed by atoms with Gasteiger partial charge in [0.1, 0.15) is 5.69 Å². The lowest BCUT2D eigenvalue weighted by Gasteiger charge is -2.08. The highest BCUT2D eigenvalue weighted by Crippen LogP contribution is 2.28. The van der Waals surface area contributed by atoms with Crippen molar-refractivity contribution in [3.63, 3.8) is 0 Å². The minimum Gasteiger partial charge on any atom is -0.364 e. The molecule has 0 fully saturated rings. The lowest BCUT2D eigenvalue weighted by Crippen LogP contribution is -2.15. The van der Waals surface area contributed by atoms with Crippen LogP contribution in [-0.4, -0.2) is 15.9 Å². The number of carbonyl (C=O) groups is 1. The normalized spacial score (nSPS) is 10.8. The van der Waals surface area contributed by atoms with Crippen molar-refractivity contribution >= 4 is 28.4 Å². The summed E-state index contributed by atoms with van der Waals surface area (Å²) in [6.45, 7) is 1.81. The molecule has 0 atom stereocenters. The number of aromatic nitrogens is 2. The molecule has 0 unspecified atom stereocenters. The fourth-order valence-corrected chi connectivity index (χ4v) is 2.42. The molecule has 0 radical (unpaired) electrons. The molecule has 0 spiro atoms. The molecule has 104 valence electrons. The number of nitrogens with zero attached hydrogens (tertiary/aromatic N) is 2. The van der Waals surface area contributed by atoms with Gasteiger partial charge in [0.25, 0.3) is 5.91 Å². The second-order valence-corrected chi connectivity index (χ2v) is 5.22. The van der Waals surface area contributed by atoms with Crippen LogP contribution < -0.4 is 5.73 Å². The molecule has 2 N–H and O–H groups in total. The molecular formula is C16H12ClN3O. The third-order valence-electron chi connectivity index (χ3n) is 3.30. The van der Waals surface area contributed by atoms with Crippen LogP contribution in [0, 0.1) is 6.92 Å². The molecule has 1 amide bonds. The highest BCUT2D eigenvalue weighted by Gasteiger charge is 2.12. The Morgan fingerprint density at radius 3 is 2.57 bits per heavy atom. The second-order valence-electron chi connectivity index (χ2n) is 4.78. The molecule has 5 heteroatoms. The number of fused-ring (bicyclic) bond motifs is 1. The first-order valence-corrected chi connectivity index (χ1v) is 6.75. The molecule has 0 saturated carbocycles. The van der Waals surface area contributed by atoms with Crippen LogP contribution >= 0.6 is 11.6 Å². The summed E-state index contributed by atoms with van der Waals surface area (Å²) < 4.78 is 0. The Labute approximate surface area is 126 Å². The minimum absolute atomic E-state index is 0.281. The first-order valence-electron chi connectivity index (χ1n) is 6.37. The van der Waals surface area contributed by atoms with Crippen LogP contribution in [0.3, 0.4) is 0 Å². The van der Waals surface area contributed by atoms with Crippen molar-refractivity contribution in [3.8, 4) is 11.1 Å². The van der Waals surface area contributed by atoms with Crippen molar-refractivity contribution in [2.75, 3.05) is 0 Å². The molecule has 2 heterocycles. The fourth-order valence-electron chi connectivity index (χ4n) is 2.29. The Morgan fingerprint density at radius 1 is 1.19 bits per heavy atom. The third kappa shape index (κ3) is 2.45. The van der Waals surface area contributed by atoms with Crippen LogP contribution in [0.4, 0.5) is 0 Å². The zero-order valence-corrected chi connectivity index (χ0v) is 12.1. The monoisotopic (exact) mass is 297 g/mol. The van der Waals surface area contributed by atoms with E-state index < -0.39 is 5.91 Å². The summed E-state index contributed by atoms with van der Waals surface area (Å²) in [6, 6.07) is 9.27. The molecule has 1 aromatic carbocycles. The molecule has 0 saturated heterocycles. The molecule has 21 heavy (non-hydrogen) atoms. The average molecular weight is 298 g/mol. The molecule has 0 aliphatic carbocycles. The molecule has 0 bridgehead atoms. The van der Waals surface area contributed by atoms with E-state index in [1.807, 2.05) is 25.1 Å². The maximum Gasteiger partial charge on any atom is 0.267 e. The minimum atomic E-state index is -0.534. The maximum atomic E-state index is 11.5. The number of nitrogens with two attached hydrogens (primary N) is 1. The van der Waals surface area contributed by atoms with E-state index in [1.54, 1.807) is 24.5 Å². The summed E-state index contributed by atoms with van der Waals surface area (Å²) in [7, 11) is 0. The molecule has 4 nitrogen and oxygen atoms in total. The summed E-state index contributed by atoms with van der Waals surface area (Å²) in [5.41, 5.74) is 8.88. The summed E-state index contributed by atoms with van der Waals surface area (Å²) in [4.78, 5) is 20.1. The van der Waals surface area contributed by atoms with E-state index >= 15 is 0 Å². The Bertz CT molecular complexity index is 844. The number of rotatable bonds is 2. The molecule has 3 rings (SSSR count). The van der Waals surface area contributed by atoms with Gasteiger partial charge in [-0.05, 0) is 36.2 Å². The van der Waals surface area contributed by atoms with Gasteiger partial charge in [-0.3, -0.25) is 9.78 Å². The van der Waals surface area contributed by atoms with Crippen LogP contribution in [0.1, 0.15) is 16.1 Å². The van der Waals surface area contributed by atoms with Crippen LogP contribution in [0.2, 0.25) is 5.02 Å². The van der Waals surface area contributed by atoms with Crippen molar-refractivity contribution in [2.45, 2.75) is 6.92 Å². The first-order chi connectivity index (χ1) is 10.1. The largest absolute Gasteiger partial charge is 0.364 e. The smallest absolute Gasteiger partial charge is 0.267 e. The van der Waals surface area contributed by atoms with E-state index in [0.29, 0.717) is 10.5 Å². The highest BCUT2D eigenvalue weighted by molar-refractivity contribution is 6.30. The number of benzene rings is 1. The number of carbonyl (C=O) groups excluding carboxylic acids is 1. The summed E-state index contributed by atoms with van der Waals surface area (Å²) in [5, 5.41) is 1.53. The quantitative estimate of drug-likeness (QED) is 0.788. The Balaban J connectivity index is 2.30. The standard InChI is InChI=1S/C16H12ClN3O/c1-9-6-11-7-19-8-13(10-2-4-12(17)5-3-10)15(11)20-14(9)16(18)21/h2-8H,1H3,(H2,18,21). The van der Waals surface area contributed by atoms with Crippen LogP contribution in [0.25, 0.3) is 22.0 Å². The Morgan fingerprint density at radius 2 is 1.90 bits per heavy atom. The summed E-state index contributed by atoms with van der Waals surface area (Å²) in [5.74, 6) is -0.534. The number of amides is 1. The van der Waals surface area contributed by atoms with Gasteiger partial charge in [0.05, 0.1) is 5.52 Å². The topological polar surface area (TPSA) is 68.9 Å². The van der Waals surface area contributed by atoms with E-state index in [0.717, 1.165) is 22.1 Å². The van der Waals surface area contributed by atoms with Gasteiger partial charge < -0.3 is 5.73 Å². The van der Waals surface area contributed by atoms with E-state index in [-0.39, 0.29) is 5.69 Å². The zero-order valence-electron chi connectivity index (χ0n) is 11.3. The van der Waals surface area contributed by atoms with E-state index in [1.165, 1.54) is 0 Å². The van der Waals surface area contributed by atoms with Gasteiger partial charge in [0, 0.05) is 28.4 Å². The highest BCUT2D eigenvalue weighted by atomic mass is 35.5. The molecular weight excluding hydrogens is 286 g/mol. The number of aryl methyl sites for hydroxylation is 1. The van der Waals surface area contributed by atoms with Gasteiger partial charge in [0.2, 0.25) is 0 Å². The predicted molar refractivity (Wildman–Crippen MR) is 83.2 cm³/mol. The molecule has 3 aromatic rings. The molecule has 0 aliphatic rings. The molecule has 2 aromatic heterocycles. The third-order valence-corrected chi connectivity index (χ3v) is 3.56. The van der Waals surface area contributed by atoms with Crippen LogP contribution in [-0.2, 0) is 0 Å². The summed E-state index contributed by atoms with van der Waals surface area (Å²) in [6.07, 6.45) is 3.44. The van der Waals surface area contributed by atoms with Gasteiger partial charge in [0.15, 0.2) is 0 Å². The van der Waals surface area contributed by atoms with Gasteiger partial charge in [-0.2, -0.15) is 0 Å².